The summed E-state index contributed by atoms with van der Waals surface area (Å²) in [6, 6.07) is 3.06. The molecule has 212 valence electrons. The van der Waals surface area contributed by atoms with Crippen LogP contribution in [0.1, 0.15) is 36.2 Å². The summed E-state index contributed by atoms with van der Waals surface area (Å²) in [6.45, 7) is 0.337. The van der Waals surface area contributed by atoms with Gasteiger partial charge in [-0.05, 0) is 31.2 Å². The van der Waals surface area contributed by atoms with Crippen LogP contribution in [0.2, 0.25) is 0 Å². The van der Waals surface area contributed by atoms with Crippen molar-refractivity contribution in [3.8, 4) is 11.4 Å². The van der Waals surface area contributed by atoms with Crippen molar-refractivity contribution in [2.24, 2.45) is 18.1 Å². The standard InChI is InChI=1S/C24H26F3N9O3S/c1-36-19(8-20(34-36)35-40(28,38)39)24(37)31-9-12-3-2-4-14(5-12)32-23-18(27)11-30-22(33-23)16-10-29-21-15(16)6-13(25)7-17(21)26/h6-8,10-12,14,29H,2-5,9H2,1H3,(H,31,37)(H,34,35)(H2,28,38,39)(H,30,32,33)/t12-,14+/m1/s1. The Morgan fingerprint density at radius 1 is 1.20 bits per heavy atom. The minimum absolute atomic E-state index is 0.0318. The third-order valence-corrected chi connectivity index (χ3v) is 7.22. The average molecular weight is 578 g/mol. The Labute approximate surface area is 226 Å². The van der Waals surface area contributed by atoms with Crippen molar-refractivity contribution >= 4 is 38.7 Å². The molecule has 1 aliphatic rings. The molecule has 0 bridgehead atoms. The van der Waals surface area contributed by atoms with Crippen molar-refractivity contribution in [2.45, 2.75) is 31.7 Å². The average Bonchev–Trinajstić information content (AvgIpc) is 3.46. The van der Waals surface area contributed by atoms with Crippen LogP contribution in [-0.2, 0) is 17.3 Å². The van der Waals surface area contributed by atoms with Crippen molar-refractivity contribution in [3.63, 3.8) is 0 Å². The van der Waals surface area contributed by atoms with E-state index in [9.17, 15) is 26.4 Å². The Kier molecular flexibility index (Phi) is 7.37. The molecule has 3 heterocycles. The van der Waals surface area contributed by atoms with E-state index in [0.29, 0.717) is 18.5 Å². The molecule has 1 saturated carbocycles. The number of anilines is 2. The molecule has 1 fully saturated rings. The van der Waals surface area contributed by atoms with Gasteiger partial charge in [0, 0.05) is 48.9 Å². The number of aromatic amines is 1. The van der Waals surface area contributed by atoms with E-state index in [-0.39, 0.29) is 46.0 Å². The van der Waals surface area contributed by atoms with Gasteiger partial charge in [0.25, 0.3) is 16.1 Å². The molecule has 40 heavy (non-hydrogen) atoms. The van der Waals surface area contributed by atoms with Gasteiger partial charge >= 0.3 is 0 Å². The second kappa shape index (κ2) is 10.8. The topological polar surface area (TPSA) is 173 Å². The van der Waals surface area contributed by atoms with Crippen molar-refractivity contribution in [1.82, 2.24) is 30.0 Å². The zero-order valence-corrected chi connectivity index (χ0v) is 22.0. The van der Waals surface area contributed by atoms with Gasteiger partial charge in [-0.1, -0.05) is 6.42 Å². The predicted octanol–water partition coefficient (Wildman–Crippen LogP) is 2.79. The summed E-state index contributed by atoms with van der Waals surface area (Å²) in [7, 11) is -2.53. The molecule has 12 nitrogen and oxygen atoms in total. The molecular formula is C24H26F3N9O3S. The first-order chi connectivity index (χ1) is 19.0. The van der Waals surface area contributed by atoms with Gasteiger partial charge in [0.05, 0.1) is 11.7 Å². The fourth-order valence-electron chi connectivity index (χ4n) is 4.94. The number of hydrogen-bond donors (Lipinski definition) is 5. The number of fused-ring (bicyclic) bond motifs is 1. The molecule has 5 rings (SSSR count). The van der Waals surface area contributed by atoms with Crippen molar-refractivity contribution in [2.75, 3.05) is 16.6 Å². The van der Waals surface area contributed by atoms with Crippen LogP contribution in [0.15, 0.2) is 30.6 Å². The number of carbonyl (C=O) groups is 1. The fourth-order valence-corrected chi connectivity index (χ4v) is 5.33. The third-order valence-electron chi connectivity index (χ3n) is 6.73. The van der Waals surface area contributed by atoms with Crippen molar-refractivity contribution in [3.05, 3.63) is 53.7 Å². The smallest absolute Gasteiger partial charge is 0.297 e. The number of aromatic nitrogens is 5. The van der Waals surface area contributed by atoms with Crippen LogP contribution in [0, 0.1) is 23.4 Å². The van der Waals surface area contributed by atoms with E-state index < -0.39 is 33.6 Å². The lowest BCUT2D eigenvalue weighted by molar-refractivity contribution is 0.0933. The molecule has 6 N–H and O–H groups in total. The molecule has 0 radical (unpaired) electrons. The van der Waals surface area contributed by atoms with Gasteiger partial charge in [-0.3, -0.25) is 14.2 Å². The number of nitrogens with zero attached hydrogens (tertiary/aromatic N) is 4. The van der Waals surface area contributed by atoms with Gasteiger partial charge in [-0.15, -0.1) is 0 Å². The van der Waals surface area contributed by atoms with Crippen LogP contribution in [0.25, 0.3) is 22.3 Å². The third kappa shape index (κ3) is 6.02. The maximum atomic E-state index is 14.7. The molecular weight excluding hydrogens is 551 g/mol. The monoisotopic (exact) mass is 577 g/mol. The molecule has 0 saturated heterocycles. The number of hydrogen-bond acceptors (Lipinski definition) is 7. The minimum atomic E-state index is -4.03. The van der Waals surface area contributed by atoms with Gasteiger partial charge in [0.1, 0.15) is 17.3 Å². The number of carbonyl (C=O) groups excluding carboxylic acids is 1. The molecule has 16 heteroatoms. The summed E-state index contributed by atoms with van der Waals surface area (Å²) >= 11 is 0. The molecule has 1 amide bonds. The Balaban J connectivity index is 1.24. The Hall–Kier alpha value is -4.18. The van der Waals surface area contributed by atoms with E-state index in [2.05, 4.69) is 30.7 Å². The Bertz CT molecular complexity index is 1690. The maximum absolute atomic E-state index is 14.7. The number of nitrogens with two attached hydrogens (primary N) is 1. The summed E-state index contributed by atoms with van der Waals surface area (Å²) in [6.07, 6.45) is 5.48. The number of rotatable bonds is 8. The zero-order chi connectivity index (χ0) is 28.6. The quantitative estimate of drug-likeness (QED) is 0.214. The first-order valence-electron chi connectivity index (χ1n) is 12.3. The molecule has 1 aromatic carbocycles. The molecule has 3 aromatic heterocycles. The molecule has 0 unspecified atom stereocenters. The molecule has 1 aliphatic carbocycles. The van der Waals surface area contributed by atoms with Crippen LogP contribution in [0.3, 0.4) is 0 Å². The lowest BCUT2D eigenvalue weighted by Gasteiger charge is -2.30. The molecule has 0 spiro atoms. The van der Waals surface area contributed by atoms with Crippen LogP contribution in [0.4, 0.5) is 24.8 Å². The van der Waals surface area contributed by atoms with Crippen molar-refractivity contribution < 1.29 is 26.4 Å². The van der Waals surface area contributed by atoms with Crippen LogP contribution in [0.5, 0.6) is 0 Å². The fraction of sp³-hybridized carbons (Fsp3) is 0.333. The summed E-state index contributed by atoms with van der Waals surface area (Å²) < 4.78 is 68.3. The molecule has 0 aliphatic heterocycles. The van der Waals surface area contributed by atoms with E-state index in [1.807, 2.05) is 4.72 Å². The normalized spacial score (nSPS) is 17.6. The highest BCUT2D eigenvalue weighted by atomic mass is 32.2. The maximum Gasteiger partial charge on any atom is 0.297 e. The molecule has 4 aromatic rings. The van der Waals surface area contributed by atoms with Crippen LogP contribution < -0.4 is 20.5 Å². The predicted molar refractivity (Wildman–Crippen MR) is 141 cm³/mol. The summed E-state index contributed by atoms with van der Waals surface area (Å²) in [5.41, 5.74) is 0.571. The Morgan fingerprint density at radius 3 is 2.77 bits per heavy atom. The number of H-pyrrole nitrogens is 1. The highest BCUT2D eigenvalue weighted by molar-refractivity contribution is 7.90. The summed E-state index contributed by atoms with van der Waals surface area (Å²) in [4.78, 5) is 23.7. The summed E-state index contributed by atoms with van der Waals surface area (Å²) in [5, 5.41) is 15.1. The van der Waals surface area contributed by atoms with E-state index in [4.69, 9.17) is 5.14 Å². The van der Waals surface area contributed by atoms with Crippen LogP contribution >= 0.6 is 0 Å². The van der Waals surface area contributed by atoms with Gasteiger partial charge in [0.15, 0.2) is 23.3 Å². The van der Waals surface area contributed by atoms with E-state index in [1.165, 1.54) is 24.0 Å². The Morgan fingerprint density at radius 2 is 2.00 bits per heavy atom. The highest BCUT2D eigenvalue weighted by Crippen LogP contribution is 2.31. The highest BCUT2D eigenvalue weighted by Gasteiger charge is 2.25. The number of aryl methyl sites for hydroxylation is 1. The van der Waals surface area contributed by atoms with Gasteiger partial charge in [-0.2, -0.15) is 13.5 Å². The largest absolute Gasteiger partial charge is 0.365 e. The van der Waals surface area contributed by atoms with E-state index in [0.717, 1.165) is 37.6 Å². The minimum Gasteiger partial charge on any atom is -0.365 e. The zero-order valence-electron chi connectivity index (χ0n) is 21.2. The molecule has 2 atom stereocenters. The lowest BCUT2D eigenvalue weighted by Crippen LogP contribution is -2.36. The van der Waals surface area contributed by atoms with Gasteiger partial charge < -0.3 is 15.6 Å². The number of amides is 1. The van der Waals surface area contributed by atoms with Gasteiger partial charge in [0.2, 0.25) is 0 Å². The SMILES string of the molecule is Cn1nc(NS(N)(=O)=O)cc1C(=O)NC[C@@H]1CCC[C@H](Nc2nc(-c3c[nH]c4c(F)cc(F)cc34)ncc2F)C1. The first kappa shape index (κ1) is 27.4. The van der Waals surface area contributed by atoms with E-state index in [1.54, 1.807) is 0 Å². The van der Waals surface area contributed by atoms with E-state index >= 15 is 0 Å². The second-order valence-electron chi connectivity index (χ2n) is 9.67. The number of nitrogens with one attached hydrogen (secondary N) is 4. The van der Waals surface area contributed by atoms with Crippen LogP contribution in [-0.4, -0.2) is 51.6 Å². The lowest BCUT2D eigenvalue weighted by atomic mass is 9.85. The number of benzene rings is 1. The summed E-state index contributed by atoms with van der Waals surface area (Å²) in [5.74, 6) is -2.55. The number of halogens is 3. The second-order valence-corrected chi connectivity index (χ2v) is 11.0. The van der Waals surface area contributed by atoms with Crippen molar-refractivity contribution in [1.29, 1.82) is 0 Å². The first-order valence-corrected chi connectivity index (χ1v) is 13.9. The van der Waals surface area contributed by atoms with Gasteiger partial charge in [-0.25, -0.2) is 28.3 Å².